The average Bonchev–Trinajstić information content (AvgIpc) is 2.87. The Bertz CT molecular complexity index is 1180. The minimum absolute atomic E-state index is 0.0503. The zero-order valence-corrected chi connectivity index (χ0v) is 21.7. The van der Waals surface area contributed by atoms with Crippen molar-refractivity contribution in [2.75, 3.05) is 46.4 Å². The third kappa shape index (κ3) is 5.51. The highest BCUT2D eigenvalue weighted by molar-refractivity contribution is 6.31. The zero-order chi connectivity index (χ0) is 25.8. The second-order valence-corrected chi connectivity index (χ2v) is 9.46. The van der Waals surface area contributed by atoms with Crippen LogP contribution in [0.4, 0.5) is 4.79 Å². The Balaban J connectivity index is 1.57. The molecule has 4 rings (SSSR count). The maximum atomic E-state index is 13.1. The monoisotopic (exact) mass is 530 g/mol. The van der Waals surface area contributed by atoms with E-state index >= 15 is 0 Å². The highest BCUT2D eigenvalue weighted by Crippen LogP contribution is 2.34. The molecule has 1 unspecified atom stereocenters. The summed E-state index contributed by atoms with van der Waals surface area (Å²) in [7, 11) is 1.63. The summed E-state index contributed by atoms with van der Waals surface area (Å²) < 4.78 is 5.38. The first-order valence-electron chi connectivity index (χ1n) is 11.8. The summed E-state index contributed by atoms with van der Waals surface area (Å²) in [6.45, 7) is 4.51. The summed E-state index contributed by atoms with van der Waals surface area (Å²) >= 11 is 12.4. The molecule has 2 aromatic rings. The molecule has 10 heteroatoms. The van der Waals surface area contributed by atoms with Crippen molar-refractivity contribution < 1.29 is 19.1 Å². The topological polar surface area (TPSA) is 82.2 Å². The maximum Gasteiger partial charge on any atom is 0.338 e. The molecule has 2 aromatic carbocycles. The molecule has 2 aliphatic heterocycles. The van der Waals surface area contributed by atoms with Crippen LogP contribution >= 0.6 is 23.2 Å². The van der Waals surface area contributed by atoms with Crippen LogP contribution in [0.15, 0.2) is 59.8 Å². The van der Waals surface area contributed by atoms with E-state index in [1.165, 1.54) is 4.90 Å². The molecule has 0 radical (unpaired) electrons. The number of amides is 3. The molecule has 3 amide bonds. The summed E-state index contributed by atoms with van der Waals surface area (Å²) in [4.78, 5) is 44.3. The molecule has 0 saturated carbocycles. The lowest BCUT2D eigenvalue weighted by molar-refractivity contribution is -0.139. The van der Waals surface area contributed by atoms with Gasteiger partial charge in [0.1, 0.15) is 0 Å². The molecule has 0 spiro atoms. The second kappa shape index (κ2) is 11.3. The second-order valence-electron chi connectivity index (χ2n) is 8.62. The number of carbonyl (C=O) groups is 3. The van der Waals surface area contributed by atoms with Crippen molar-refractivity contribution in [3.8, 4) is 0 Å². The van der Waals surface area contributed by atoms with Crippen LogP contribution in [0.3, 0.4) is 0 Å². The van der Waals surface area contributed by atoms with Crippen LogP contribution in [-0.2, 0) is 9.53 Å². The standard InChI is InChI=1S/C26H28Cl2N4O4/c1-3-36-25(34)22-21(30(2)26(35)29-23(22)19-6-4-5-7-20(19)28)16-31-12-14-32(15-13-31)24(33)17-8-10-18(27)11-9-17/h4-11,23H,3,12-16H2,1-2H3,(H,29,35). The molecular formula is C26H28Cl2N4O4. The van der Waals surface area contributed by atoms with E-state index < -0.39 is 12.0 Å². The van der Waals surface area contributed by atoms with Crippen LogP contribution in [0.2, 0.25) is 10.0 Å². The lowest BCUT2D eigenvalue weighted by Crippen LogP contribution is -2.53. The molecule has 36 heavy (non-hydrogen) atoms. The molecule has 1 N–H and O–H groups in total. The minimum Gasteiger partial charge on any atom is -0.463 e. The van der Waals surface area contributed by atoms with Gasteiger partial charge in [-0.1, -0.05) is 41.4 Å². The number of piperazine rings is 1. The van der Waals surface area contributed by atoms with Crippen LogP contribution in [0.5, 0.6) is 0 Å². The zero-order valence-electron chi connectivity index (χ0n) is 20.2. The van der Waals surface area contributed by atoms with Crippen LogP contribution in [0.25, 0.3) is 0 Å². The van der Waals surface area contributed by atoms with E-state index in [0.717, 1.165) is 0 Å². The predicted octanol–water partition coefficient (Wildman–Crippen LogP) is 3.96. The lowest BCUT2D eigenvalue weighted by atomic mass is 9.94. The number of nitrogens with one attached hydrogen (secondary N) is 1. The first-order valence-corrected chi connectivity index (χ1v) is 12.5. The first-order chi connectivity index (χ1) is 17.3. The number of halogens is 2. The SMILES string of the molecule is CCOC(=O)C1=C(CN2CCN(C(=O)c3ccc(Cl)cc3)CC2)N(C)C(=O)NC1c1ccccc1Cl. The molecule has 0 bridgehead atoms. The third-order valence-corrected chi connectivity index (χ3v) is 7.01. The van der Waals surface area contributed by atoms with Gasteiger partial charge in [-0.3, -0.25) is 14.6 Å². The van der Waals surface area contributed by atoms with Crippen molar-refractivity contribution in [1.82, 2.24) is 20.0 Å². The minimum atomic E-state index is -0.732. The number of hydrogen-bond acceptors (Lipinski definition) is 5. The predicted molar refractivity (Wildman–Crippen MR) is 138 cm³/mol. The smallest absolute Gasteiger partial charge is 0.338 e. The number of likely N-dealkylation sites (N-methyl/N-ethyl adjacent to an activating group) is 1. The van der Waals surface area contributed by atoms with Gasteiger partial charge < -0.3 is 15.0 Å². The van der Waals surface area contributed by atoms with Gasteiger partial charge in [0.15, 0.2) is 0 Å². The van der Waals surface area contributed by atoms with Crippen molar-refractivity contribution in [3.63, 3.8) is 0 Å². The Morgan fingerprint density at radius 3 is 2.33 bits per heavy atom. The van der Waals surface area contributed by atoms with Gasteiger partial charge in [0.2, 0.25) is 0 Å². The number of ether oxygens (including phenoxy) is 1. The van der Waals surface area contributed by atoms with Gasteiger partial charge in [-0.25, -0.2) is 9.59 Å². The van der Waals surface area contributed by atoms with E-state index in [4.69, 9.17) is 27.9 Å². The summed E-state index contributed by atoms with van der Waals surface area (Å²) in [5.74, 6) is -0.550. The average molecular weight is 531 g/mol. The summed E-state index contributed by atoms with van der Waals surface area (Å²) in [5.41, 5.74) is 2.12. The van der Waals surface area contributed by atoms with Gasteiger partial charge in [-0.05, 0) is 42.8 Å². The highest BCUT2D eigenvalue weighted by atomic mass is 35.5. The number of benzene rings is 2. The van der Waals surface area contributed by atoms with Gasteiger partial charge in [0.25, 0.3) is 5.91 Å². The van der Waals surface area contributed by atoms with Gasteiger partial charge in [-0.2, -0.15) is 0 Å². The molecule has 1 saturated heterocycles. The van der Waals surface area contributed by atoms with Crippen LogP contribution in [-0.4, -0.2) is 79.0 Å². The first kappa shape index (κ1) is 26.0. The van der Waals surface area contributed by atoms with Gasteiger partial charge in [0, 0.05) is 61.1 Å². The lowest BCUT2D eigenvalue weighted by Gasteiger charge is -2.39. The number of hydrogen-bond donors (Lipinski definition) is 1. The molecule has 2 heterocycles. The van der Waals surface area contributed by atoms with Gasteiger partial charge >= 0.3 is 12.0 Å². The quantitative estimate of drug-likeness (QED) is 0.571. The largest absolute Gasteiger partial charge is 0.463 e. The number of esters is 1. The van der Waals surface area contributed by atoms with Crippen molar-refractivity contribution in [1.29, 1.82) is 0 Å². The summed E-state index contributed by atoms with van der Waals surface area (Å²) in [6, 6.07) is 12.9. The normalized spacial score (nSPS) is 18.8. The van der Waals surface area contributed by atoms with Crippen LogP contribution in [0.1, 0.15) is 28.9 Å². The van der Waals surface area contributed by atoms with E-state index in [1.54, 1.807) is 61.3 Å². The van der Waals surface area contributed by atoms with Crippen LogP contribution in [0, 0.1) is 0 Å². The Hall–Kier alpha value is -3.07. The molecule has 0 aliphatic carbocycles. The molecule has 1 atom stereocenters. The van der Waals surface area contributed by atoms with E-state index in [2.05, 4.69) is 10.2 Å². The summed E-state index contributed by atoms with van der Waals surface area (Å²) in [5, 5.41) is 3.92. The van der Waals surface area contributed by atoms with E-state index in [0.29, 0.717) is 65.2 Å². The van der Waals surface area contributed by atoms with Crippen molar-refractivity contribution in [2.24, 2.45) is 0 Å². The molecule has 8 nitrogen and oxygen atoms in total. The Morgan fingerprint density at radius 1 is 1.03 bits per heavy atom. The van der Waals surface area contributed by atoms with Gasteiger partial charge in [-0.15, -0.1) is 0 Å². The molecular weight excluding hydrogens is 503 g/mol. The fourth-order valence-corrected chi connectivity index (χ4v) is 4.81. The number of carbonyl (C=O) groups excluding carboxylic acids is 3. The fourth-order valence-electron chi connectivity index (χ4n) is 4.44. The maximum absolute atomic E-state index is 13.1. The Labute approximate surface area is 220 Å². The van der Waals surface area contributed by atoms with Gasteiger partial charge in [0.05, 0.1) is 18.2 Å². The fraction of sp³-hybridized carbons (Fsp3) is 0.346. The van der Waals surface area contributed by atoms with E-state index in [9.17, 15) is 14.4 Å². The summed E-state index contributed by atoms with van der Waals surface area (Å²) in [6.07, 6.45) is 0. The Kier molecular flexibility index (Phi) is 8.18. The van der Waals surface area contributed by atoms with E-state index in [1.807, 2.05) is 6.07 Å². The molecule has 190 valence electrons. The molecule has 0 aromatic heterocycles. The highest BCUT2D eigenvalue weighted by Gasteiger charge is 2.38. The number of rotatable bonds is 6. The number of nitrogens with zero attached hydrogens (tertiary/aromatic N) is 3. The molecule has 2 aliphatic rings. The van der Waals surface area contributed by atoms with Crippen molar-refractivity contribution in [2.45, 2.75) is 13.0 Å². The Morgan fingerprint density at radius 2 is 1.69 bits per heavy atom. The van der Waals surface area contributed by atoms with Crippen molar-refractivity contribution in [3.05, 3.63) is 81.0 Å². The molecule has 1 fully saturated rings. The van der Waals surface area contributed by atoms with E-state index in [-0.39, 0.29) is 18.5 Å². The third-order valence-electron chi connectivity index (χ3n) is 6.41. The van der Waals surface area contributed by atoms with Crippen molar-refractivity contribution >= 4 is 41.1 Å². The number of urea groups is 1. The van der Waals surface area contributed by atoms with Crippen LogP contribution < -0.4 is 5.32 Å².